The third kappa shape index (κ3) is 3.34. The smallest absolute Gasteiger partial charge is 0.146 e. The molecule has 0 aliphatic carbocycles. The Bertz CT molecular complexity index is 564. The van der Waals surface area contributed by atoms with Crippen LogP contribution in [-0.4, -0.2) is 37.5 Å². The van der Waals surface area contributed by atoms with Crippen LogP contribution in [0, 0.1) is 0 Å². The maximum atomic E-state index is 5.36. The number of thiophene rings is 1. The van der Waals surface area contributed by atoms with Gasteiger partial charge in [-0.05, 0) is 24.3 Å². The predicted molar refractivity (Wildman–Crippen MR) is 82.8 cm³/mol. The van der Waals surface area contributed by atoms with Crippen LogP contribution in [0.3, 0.4) is 0 Å². The highest BCUT2D eigenvalue weighted by atomic mass is 32.1. The second-order valence-corrected chi connectivity index (χ2v) is 5.45. The summed E-state index contributed by atoms with van der Waals surface area (Å²) in [7, 11) is 0. The standard InChI is InChI=1S/C14H16N4OS/c1-2-6-15-13(3-1)17-16-11-12-4-5-14(20-12)18-7-9-19-10-8-18/h1-6,11H,7-10H2,(H,15,17)/b16-11-. The van der Waals surface area contributed by atoms with Gasteiger partial charge in [0.2, 0.25) is 0 Å². The molecule has 0 saturated carbocycles. The molecule has 0 amide bonds. The van der Waals surface area contributed by atoms with Crippen LogP contribution in [0.1, 0.15) is 4.88 Å². The summed E-state index contributed by atoms with van der Waals surface area (Å²) in [5, 5.41) is 5.47. The molecule has 0 atom stereocenters. The number of ether oxygens (including phenoxy) is 1. The normalized spacial score (nSPS) is 15.7. The third-order valence-electron chi connectivity index (χ3n) is 2.97. The van der Waals surface area contributed by atoms with Crippen molar-refractivity contribution in [2.45, 2.75) is 0 Å². The molecule has 1 aliphatic rings. The van der Waals surface area contributed by atoms with Crippen LogP contribution in [0.4, 0.5) is 10.8 Å². The SMILES string of the molecule is C(=N/Nc1ccccn1)/c1ccc(N2CCOCC2)s1. The van der Waals surface area contributed by atoms with Gasteiger partial charge in [-0.3, -0.25) is 5.43 Å². The molecule has 0 spiro atoms. The van der Waals surface area contributed by atoms with Gasteiger partial charge in [-0.25, -0.2) is 4.98 Å². The van der Waals surface area contributed by atoms with Crippen molar-refractivity contribution < 1.29 is 4.74 Å². The number of hydrazone groups is 1. The summed E-state index contributed by atoms with van der Waals surface area (Å²) in [4.78, 5) is 7.61. The molecular weight excluding hydrogens is 272 g/mol. The molecule has 2 aromatic rings. The van der Waals surface area contributed by atoms with Gasteiger partial charge in [-0.15, -0.1) is 11.3 Å². The Hall–Kier alpha value is -1.92. The van der Waals surface area contributed by atoms with E-state index in [0.29, 0.717) is 0 Å². The van der Waals surface area contributed by atoms with Crippen molar-refractivity contribution in [2.24, 2.45) is 5.10 Å². The molecule has 1 fully saturated rings. The molecule has 0 aromatic carbocycles. The zero-order valence-electron chi connectivity index (χ0n) is 11.0. The number of hydrogen-bond donors (Lipinski definition) is 1. The number of morpholine rings is 1. The molecule has 1 N–H and O–H groups in total. The van der Waals surface area contributed by atoms with E-state index in [1.807, 2.05) is 24.4 Å². The minimum Gasteiger partial charge on any atom is -0.378 e. The van der Waals surface area contributed by atoms with Gasteiger partial charge in [-0.2, -0.15) is 5.10 Å². The van der Waals surface area contributed by atoms with Crippen LogP contribution >= 0.6 is 11.3 Å². The lowest BCUT2D eigenvalue weighted by Crippen LogP contribution is -2.35. The Balaban J connectivity index is 1.59. The molecule has 104 valence electrons. The zero-order chi connectivity index (χ0) is 13.6. The minimum atomic E-state index is 0.744. The van der Waals surface area contributed by atoms with Gasteiger partial charge in [0.05, 0.1) is 24.4 Å². The van der Waals surface area contributed by atoms with E-state index in [0.717, 1.165) is 37.0 Å². The molecule has 1 saturated heterocycles. The van der Waals surface area contributed by atoms with Crippen molar-refractivity contribution in [3.8, 4) is 0 Å². The van der Waals surface area contributed by atoms with Gasteiger partial charge in [0.15, 0.2) is 0 Å². The molecule has 0 bridgehead atoms. The van der Waals surface area contributed by atoms with E-state index in [2.05, 4.69) is 32.5 Å². The number of nitrogens with one attached hydrogen (secondary N) is 1. The van der Waals surface area contributed by atoms with Crippen molar-refractivity contribution in [1.82, 2.24) is 4.98 Å². The molecule has 3 rings (SSSR count). The first kappa shape index (κ1) is 13.1. The quantitative estimate of drug-likeness (QED) is 0.693. The number of nitrogens with zero attached hydrogens (tertiary/aromatic N) is 3. The van der Waals surface area contributed by atoms with Crippen molar-refractivity contribution in [2.75, 3.05) is 36.6 Å². The Kier molecular flexibility index (Phi) is 4.25. The average Bonchev–Trinajstić information content (AvgIpc) is 2.98. The van der Waals surface area contributed by atoms with E-state index in [1.54, 1.807) is 17.5 Å². The van der Waals surface area contributed by atoms with Crippen LogP contribution in [0.2, 0.25) is 0 Å². The molecule has 3 heterocycles. The summed E-state index contributed by atoms with van der Waals surface area (Å²) in [5.41, 5.74) is 2.91. The van der Waals surface area contributed by atoms with E-state index >= 15 is 0 Å². The first-order valence-corrected chi connectivity index (χ1v) is 7.36. The summed E-state index contributed by atoms with van der Waals surface area (Å²) in [5.74, 6) is 0.744. The summed E-state index contributed by atoms with van der Waals surface area (Å²) >= 11 is 1.74. The molecule has 0 unspecified atom stereocenters. The first-order valence-electron chi connectivity index (χ1n) is 6.54. The predicted octanol–water partition coefficient (Wildman–Crippen LogP) is 2.43. The van der Waals surface area contributed by atoms with Gasteiger partial charge in [0, 0.05) is 24.2 Å². The fraction of sp³-hybridized carbons (Fsp3) is 0.286. The highest BCUT2D eigenvalue weighted by Crippen LogP contribution is 2.25. The second-order valence-electron chi connectivity index (χ2n) is 4.36. The van der Waals surface area contributed by atoms with E-state index in [1.165, 1.54) is 5.00 Å². The Morgan fingerprint density at radius 1 is 1.25 bits per heavy atom. The Morgan fingerprint density at radius 2 is 2.15 bits per heavy atom. The molecule has 0 radical (unpaired) electrons. The number of aromatic nitrogens is 1. The highest BCUT2D eigenvalue weighted by molar-refractivity contribution is 7.17. The number of anilines is 2. The largest absolute Gasteiger partial charge is 0.378 e. The van der Waals surface area contributed by atoms with Crippen molar-refractivity contribution in [3.05, 3.63) is 41.4 Å². The third-order valence-corrected chi connectivity index (χ3v) is 4.05. The lowest BCUT2D eigenvalue weighted by atomic mass is 10.4. The van der Waals surface area contributed by atoms with Crippen molar-refractivity contribution >= 4 is 28.4 Å². The summed E-state index contributed by atoms with van der Waals surface area (Å²) < 4.78 is 5.36. The molecule has 6 heteroatoms. The summed E-state index contributed by atoms with van der Waals surface area (Å²) in [6, 6.07) is 9.90. The maximum absolute atomic E-state index is 5.36. The van der Waals surface area contributed by atoms with Crippen molar-refractivity contribution in [3.63, 3.8) is 0 Å². The molecule has 2 aromatic heterocycles. The van der Waals surface area contributed by atoms with E-state index in [4.69, 9.17) is 4.74 Å². The van der Waals surface area contributed by atoms with Crippen LogP contribution in [-0.2, 0) is 4.74 Å². The van der Waals surface area contributed by atoms with Gasteiger partial charge < -0.3 is 9.64 Å². The number of hydrogen-bond acceptors (Lipinski definition) is 6. The molecule has 20 heavy (non-hydrogen) atoms. The zero-order valence-corrected chi connectivity index (χ0v) is 11.8. The fourth-order valence-electron chi connectivity index (χ4n) is 1.96. The highest BCUT2D eigenvalue weighted by Gasteiger charge is 2.12. The molecule has 1 aliphatic heterocycles. The monoisotopic (exact) mass is 288 g/mol. The lowest BCUT2D eigenvalue weighted by Gasteiger charge is -2.27. The number of rotatable bonds is 4. The Labute approximate surface area is 121 Å². The first-order chi connectivity index (χ1) is 9.92. The lowest BCUT2D eigenvalue weighted by molar-refractivity contribution is 0.123. The van der Waals surface area contributed by atoms with Gasteiger partial charge >= 0.3 is 0 Å². The molecule has 5 nitrogen and oxygen atoms in total. The van der Waals surface area contributed by atoms with E-state index in [-0.39, 0.29) is 0 Å². The van der Waals surface area contributed by atoms with E-state index in [9.17, 15) is 0 Å². The summed E-state index contributed by atoms with van der Waals surface area (Å²) in [6.07, 6.45) is 3.56. The topological polar surface area (TPSA) is 49.8 Å². The summed E-state index contributed by atoms with van der Waals surface area (Å²) in [6.45, 7) is 3.54. The molecular formula is C14H16N4OS. The van der Waals surface area contributed by atoms with Gasteiger partial charge in [0.1, 0.15) is 5.82 Å². The van der Waals surface area contributed by atoms with E-state index < -0.39 is 0 Å². The van der Waals surface area contributed by atoms with Crippen LogP contribution in [0.5, 0.6) is 0 Å². The average molecular weight is 288 g/mol. The number of pyridine rings is 1. The van der Waals surface area contributed by atoms with Crippen LogP contribution < -0.4 is 10.3 Å². The Morgan fingerprint density at radius 3 is 2.95 bits per heavy atom. The van der Waals surface area contributed by atoms with Crippen molar-refractivity contribution in [1.29, 1.82) is 0 Å². The van der Waals surface area contributed by atoms with Gasteiger partial charge in [-0.1, -0.05) is 6.07 Å². The minimum absolute atomic E-state index is 0.744. The van der Waals surface area contributed by atoms with Crippen LogP contribution in [0.25, 0.3) is 0 Å². The second kappa shape index (κ2) is 6.49. The van der Waals surface area contributed by atoms with Crippen LogP contribution in [0.15, 0.2) is 41.6 Å². The van der Waals surface area contributed by atoms with Gasteiger partial charge in [0.25, 0.3) is 0 Å². The maximum Gasteiger partial charge on any atom is 0.146 e. The fourth-order valence-corrected chi connectivity index (χ4v) is 2.89.